The molecule has 0 saturated carbocycles. The van der Waals surface area contributed by atoms with Crippen LogP contribution < -0.4 is 5.73 Å². The standard InChI is InChI=1S/C21H18FNO2/c1-2-25-21(24)19(22)20(23)16-11-9-14-7-6-12-4-3-5-13-8-10-15(16)18(14)17(12)13/h3-11,19-20H,2,23H2,1H3/t19?,20-/m0/s1. The highest BCUT2D eigenvalue weighted by Crippen LogP contribution is 2.37. The molecule has 126 valence electrons. The van der Waals surface area contributed by atoms with Crippen molar-refractivity contribution in [1.29, 1.82) is 0 Å². The van der Waals surface area contributed by atoms with Crippen LogP contribution in [0.4, 0.5) is 4.39 Å². The summed E-state index contributed by atoms with van der Waals surface area (Å²) in [5.74, 6) is -0.916. The number of hydrogen-bond acceptors (Lipinski definition) is 3. The van der Waals surface area contributed by atoms with E-state index in [1.807, 2.05) is 24.3 Å². The summed E-state index contributed by atoms with van der Waals surface area (Å²) in [5.41, 5.74) is 6.71. The minimum atomic E-state index is -1.89. The van der Waals surface area contributed by atoms with Crippen LogP contribution in [-0.4, -0.2) is 18.7 Å². The Morgan fingerprint density at radius 1 is 1.00 bits per heavy atom. The molecule has 4 heteroatoms. The van der Waals surface area contributed by atoms with Crippen molar-refractivity contribution in [2.45, 2.75) is 19.1 Å². The molecule has 0 aliphatic rings. The van der Waals surface area contributed by atoms with Crippen molar-refractivity contribution < 1.29 is 13.9 Å². The van der Waals surface area contributed by atoms with Gasteiger partial charge in [-0.3, -0.25) is 0 Å². The predicted molar refractivity (Wildman–Crippen MR) is 98.6 cm³/mol. The van der Waals surface area contributed by atoms with Crippen LogP contribution in [-0.2, 0) is 9.53 Å². The molecule has 3 nitrogen and oxygen atoms in total. The van der Waals surface area contributed by atoms with E-state index >= 15 is 0 Å². The first kappa shape index (κ1) is 15.8. The molecule has 0 bridgehead atoms. The fourth-order valence-electron chi connectivity index (χ4n) is 3.57. The van der Waals surface area contributed by atoms with Gasteiger partial charge in [0.2, 0.25) is 6.17 Å². The summed E-state index contributed by atoms with van der Waals surface area (Å²) in [7, 11) is 0. The maximum atomic E-state index is 14.5. The quantitative estimate of drug-likeness (QED) is 0.442. The second kappa shape index (κ2) is 5.97. The Bertz CT molecular complexity index is 1060. The largest absolute Gasteiger partial charge is 0.464 e. The van der Waals surface area contributed by atoms with E-state index in [2.05, 4.69) is 24.3 Å². The third kappa shape index (κ3) is 2.41. The van der Waals surface area contributed by atoms with Crippen molar-refractivity contribution in [3.05, 3.63) is 60.2 Å². The Hall–Kier alpha value is -2.72. The number of esters is 1. The van der Waals surface area contributed by atoms with E-state index < -0.39 is 18.2 Å². The number of alkyl halides is 1. The van der Waals surface area contributed by atoms with E-state index in [0.717, 1.165) is 32.3 Å². The van der Waals surface area contributed by atoms with Gasteiger partial charge in [-0.05, 0) is 44.8 Å². The van der Waals surface area contributed by atoms with Crippen molar-refractivity contribution in [3.63, 3.8) is 0 Å². The zero-order valence-corrected chi connectivity index (χ0v) is 13.8. The summed E-state index contributed by atoms with van der Waals surface area (Å²) >= 11 is 0. The molecule has 0 aliphatic carbocycles. The molecule has 0 spiro atoms. The third-order valence-corrected chi connectivity index (χ3v) is 4.75. The summed E-state index contributed by atoms with van der Waals surface area (Å²) in [6.07, 6.45) is -1.89. The highest BCUT2D eigenvalue weighted by atomic mass is 19.1. The Morgan fingerprint density at radius 3 is 2.28 bits per heavy atom. The maximum Gasteiger partial charge on any atom is 0.342 e. The lowest BCUT2D eigenvalue weighted by atomic mass is 9.89. The number of benzene rings is 4. The van der Waals surface area contributed by atoms with E-state index in [1.54, 1.807) is 13.0 Å². The molecule has 0 aliphatic heterocycles. The number of nitrogens with two attached hydrogens (primary N) is 1. The Balaban J connectivity index is 1.95. The molecule has 0 heterocycles. The van der Waals surface area contributed by atoms with Crippen LogP contribution in [0.1, 0.15) is 18.5 Å². The SMILES string of the molecule is CCOC(=O)C(F)[C@@H](N)c1ccc2ccc3cccc4ccc1c2c34. The number of rotatable bonds is 4. The molecular formula is C21H18FNO2. The minimum Gasteiger partial charge on any atom is -0.464 e. The van der Waals surface area contributed by atoms with E-state index in [4.69, 9.17) is 10.5 Å². The fraction of sp³-hybridized carbons (Fsp3) is 0.190. The van der Waals surface area contributed by atoms with Crippen molar-refractivity contribution in [3.8, 4) is 0 Å². The van der Waals surface area contributed by atoms with Gasteiger partial charge in [-0.15, -0.1) is 0 Å². The normalized spacial score (nSPS) is 14.2. The molecule has 0 saturated heterocycles. The van der Waals surface area contributed by atoms with Gasteiger partial charge in [0.25, 0.3) is 0 Å². The molecule has 4 rings (SSSR count). The van der Waals surface area contributed by atoms with Crippen LogP contribution in [0.5, 0.6) is 0 Å². The average Bonchev–Trinajstić information content (AvgIpc) is 2.65. The Morgan fingerprint density at radius 2 is 1.60 bits per heavy atom. The molecule has 2 N–H and O–H groups in total. The van der Waals surface area contributed by atoms with Crippen LogP contribution >= 0.6 is 0 Å². The molecular weight excluding hydrogens is 317 g/mol. The van der Waals surface area contributed by atoms with E-state index in [1.165, 1.54) is 0 Å². The van der Waals surface area contributed by atoms with Gasteiger partial charge in [0, 0.05) is 0 Å². The smallest absolute Gasteiger partial charge is 0.342 e. The third-order valence-electron chi connectivity index (χ3n) is 4.75. The summed E-state index contributed by atoms with van der Waals surface area (Å²) in [6.45, 7) is 1.77. The fourth-order valence-corrected chi connectivity index (χ4v) is 3.57. The van der Waals surface area contributed by atoms with Crippen LogP contribution in [0, 0.1) is 0 Å². The summed E-state index contributed by atoms with van der Waals surface area (Å²) in [4.78, 5) is 11.8. The maximum absolute atomic E-state index is 14.5. The van der Waals surface area contributed by atoms with E-state index in [0.29, 0.717) is 5.56 Å². The van der Waals surface area contributed by atoms with E-state index in [9.17, 15) is 9.18 Å². The number of halogens is 1. The topological polar surface area (TPSA) is 52.3 Å². The van der Waals surface area contributed by atoms with Gasteiger partial charge >= 0.3 is 5.97 Å². The van der Waals surface area contributed by atoms with Gasteiger partial charge < -0.3 is 10.5 Å². The predicted octanol–water partition coefficient (Wildman–Crippen LogP) is 4.49. The lowest BCUT2D eigenvalue weighted by Gasteiger charge is -2.20. The second-order valence-electron chi connectivity index (χ2n) is 6.19. The van der Waals surface area contributed by atoms with Crippen molar-refractivity contribution in [1.82, 2.24) is 0 Å². The first-order valence-electron chi connectivity index (χ1n) is 8.34. The lowest BCUT2D eigenvalue weighted by molar-refractivity contribution is -0.149. The first-order chi connectivity index (χ1) is 12.1. The van der Waals surface area contributed by atoms with Crippen LogP contribution in [0.3, 0.4) is 0 Å². The summed E-state index contributed by atoms with van der Waals surface area (Å²) in [5, 5.41) is 6.40. The molecule has 0 fully saturated rings. The molecule has 25 heavy (non-hydrogen) atoms. The molecule has 0 amide bonds. The van der Waals surface area contributed by atoms with E-state index in [-0.39, 0.29) is 6.61 Å². The first-order valence-corrected chi connectivity index (χ1v) is 8.34. The number of ether oxygens (including phenoxy) is 1. The Kier molecular flexibility index (Phi) is 3.77. The average molecular weight is 335 g/mol. The van der Waals surface area contributed by atoms with Crippen LogP contribution in [0.2, 0.25) is 0 Å². The molecule has 0 radical (unpaired) electrons. The van der Waals surface area contributed by atoms with Crippen LogP contribution in [0.25, 0.3) is 32.3 Å². The molecule has 1 unspecified atom stereocenters. The minimum absolute atomic E-state index is 0.129. The van der Waals surface area contributed by atoms with Crippen molar-refractivity contribution in [2.24, 2.45) is 5.73 Å². The van der Waals surface area contributed by atoms with Gasteiger partial charge in [0.1, 0.15) is 0 Å². The van der Waals surface area contributed by atoms with Gasteiger partial charge in [0.05, 0.1) is 12.6 Å². The van der Waals surface area contributed by atoms with Gasteiger partial charge in [-0.2, -0.15) is 0 Å². The second-order valence-corrected chi connectivity index (χ2v) is 6.19. The van der Waals surface area contributed by atoms with Crippen LogP contribution in [0.15, 0.2) is 54.6 Å². The Labute approximate surface area is 144 Å². The molecule has 4 aromatic carbocycles. The summed E-state index contributed by atoms with van der Waals surface area (Å²) in [6, 6.07) is 16.9. The molecule has 2 atom stereocenters. The zero-order valence-electron chi connectivity index (χ0n) is 13.8. The van der Waals surface area contributed by atoms with Gasteiger partial charge in [0.15, 0.2) is 0 Å². The number of carbonyl (C=O) groups excluding carboxylic acids is 1. The molecule has 0 aromatic heterocycles. The van der Waals surface area contributed by atoms with Gasteiger partial charge in [-0.25, -0.2) is 9.18 Å². The zero-order chi connectivity index (χ0) is 17.6. The highest BCUT2D eigenvalue weighted by molar-refractivity contribution is 6.23. The number of hydrogen-bond donors (Lipinski definition) is 1. The van der Waals surface area contributed by atoms with Gasteiger partial charge in [-0.1, -0.05) is 54.6 Å². The summed E-state index contributed by atoms with van der Waals surface area (Å²) < 4.78 is 19.3. The molecule has 4 aromatic rings. The lowest BCUT2D eigenvalue weighted by Crippen LogP contribution is -2.31. The monoisotopic (exact) mass is 335 g/mol. The van der Waals surface area contributed by atoms with Crippen molar-refractivity contribution in [2.75, 3.05) is 6.61 Å². The highest BCUT2D eigenvalue weighted by Gasteiger charge is 2.29. The van der Waals surface area contributed by atoms with Crippen molar-refractivity contribution >= 4 is 38.3 Å². The number of carbonyl (C=O) groups is 1.